The molecule has 0 atom stereocenters. The van der Waals surface area contributed by atoms with Gasteiger partial charge in [0.15, 0.2) is 0 Å². The molecule has 1 aromatic rings. The maximum absolute atomic E-state index is 11.5. The quantitative estimate of drug-likeness (QED) is 0.526. The minimum atomic E-state index is -0.511. The summed E-state index contributed by atoms with van der Waals surface area (Å²) in [6.07, 6.45) is 0. The number of nitrogen functional groups attached to an aromatic ring is 1. The fraction of sp³-hybridized carbons (Fsp3) is 0.556. The van der Waals surface area contributed by atoms with Gasteiger partial charge in [0.25, 0.3) is 5.56 Å². The number of hydrogen-bond acceptors (Lipinski definition) is 5. The van der Waals surface area contributed by atoms with E-state index in [1.165, 1.54) is 11.6 Å². The number of ether oxygens (including phenoxy) is 1. The molecular weight excluding hydrogens is 212 g/mol. The molecule has 16 heavy (non-hydrogen) atoms. The number of methoxy groups -OCH3 is 1. The number of nitrogens with one attached hydrogen (secondary N) is 2. The van der Waals surface area contributed by atoms with Crippen molar-refractivity contribution >= 4 is 5.82 Å². The van der Waals surface area contributed by atoms with Crippen LogP contribution in [0.4, 0.5) is 5.82 Å². The van der Waals surface area contributed by atoms with E-state index in [1.54, 1.807) is 7.11 Å². The Morgan fingerprint density at radius 3 is 2.81 bits per heavy atom. The Balaban J connectivity index is 2.84. The Bertz CT molecular complexity index is 463. The summed E-state index contributed by atoms with van der Waals surface area (Å²) >= 11 is 0. The molecule has 1 heterocycles. The minimum Gasteiger partial charge on any atom is -0.385 e. The molecule has 90 valence electrons. The lowest BCUT2D eigenvalue weighted by molar-refractivity contribution is 0.199. The van der Waals surface area contributed by atoms with Crippen molar-refractivity contribution in [3.63, 3.8) is 0 Å². The van der Waals surface area contributed by atoms with E-state index in [4.69, 9.17) is 10.5 Å². The number of aromatic amines is 1. The highest BCUT2D eigenvalue weighted by molar-refractivity contribution is 5.37. The van der Waals surface area contributed by atoms with E-state index in [0.29, 0.717) is 25.3 Å². The second-order valence-corrected chi connectivity index (χ2v) is 3.35. The van der Waals surface area contributed by atoms with E-state index in [0.717, 1.165) is 0 Å². The van der Waals surface area contributed by atoms with Gasteiger partial charge in [-0.15, -0.1) is 0 Å². The molecule has 1 rings (SSSR count). The van der Waals surface area contributed by atoms with E-state index in [2.05, 4.69) is 10.3 Å². The van der Waals surface area contributed by atoms with Crippen LogP contribution in [0, 0.1) is 0 Å². The summed E-state index contributed by atoms with van der Waals surface area (Å²) in [5.74, 6) is 0.179. The van der Waals surface area contributed by atoms with Crippen molar-refractivity contribution in [1.29, 1.82) is 0 Å². The average Bonchev–Trinajstić information content (AvgIpc) is 2.25. The highest BCUT2D eigenvalue weighted by Crippen LogP contribution is 2.00. The topological polar surface area (TPSA) is 102 Å². The molecule has 0 aromatic carbocycles. The molecule has 7 nitrogen and oxygen atoms in total. The lowest BCUT2D eigenvalue weighted by Gasteiger charge is -2.09. The first-order valence-corrected chi connectivity index (χ1v) is 4.85. The number of nitrogens with two attached hydrogens (primary N) is 1. The highest BCUT2D eigenvalue weighted by Gasteiger charge is 2.08. The number of aromatic nitrogens is 2. The van der Waals surface area contributed by atoms with Crippen molar-refractivity contribution in [2.75, 3.05) is 26.0 Å². The molecule has 0 radical (unpaired) electrons. The summed E-state index contributed by atoms with van der Waals surface area (Å²) in [7, 11) is 3.10. The normalized spacial score (nSPS) is 10.6. The van der Waals surface area contributed by atoms with Crippen LogP contribution in [0.2, 0.25) is 0 Å². The predicted octanol–water partition coefficient (Wildman–Crippen LogP) is -1.61. The number of hydrogen-bond donors (Lipinski definition) is 3. The molecule has 0 aliphatic heterocycles. The molecule has 7 heteroatoms. The molecular formula is C9H16N4O3. The van der Waals surface area contributed by atoms with Crippen LogP contribution < -0.4 is 22.3 Å². The Morgan fingerprint density at radius 2 is 2.19 bits per heavy atom. The van der Waals surface area contributed by atoms with Gasteiger partial charge in [0.05, 0.1) is 12.2 Å². The van der Waals surface area contributed by atoms with Crippen LogP contribution in [0.1, 0.15) is 5.56 Å². The zero-order valence-corrected chi connectivity index (χ0v) is 9.37. The largest absolute Gasteiger partial charge is 0.385 e. The van der Waals surface area contributed by atoms with Crippen LogP contribution in [-0.2, 0) is 18.3 Å². The van der Waals surface area contributed by atoms with Gasteiger partial charge in [0.2, 0.25) is 0 Å². The molecule has 0 amide bonds. The Labute approximate surface area is 92.2 Å². The van der Waals surface area contributed by atoms with Crippen LogP contribution in [0.3, 0.4) is 0 Å². The van der Waals surface area contributed by atoms with Gasteiger partial charge in [-0.1, -0.05) is 0 Å². The Kier molecular flexibility index (Phi) is 4.27. The van der Waals surface area contributed by atoms with Gasteiger partial charge < -0.3 is 15.8 Å². The van der Waals surface area contributed by atoms with Crippen molar-refractivity contribution in [2.24, 2.45) is 7.05 Å². The van der Waals surface area contributed by atoms with Gasteiger partial charge in [0.1, 0.15) is 5.82 Å². The molecule has 0 spiro atoms. The van der Waals surface area contributed by atoms with E-state index in [1.807, 2.05) is 0 Å². The molecule has 0 unspecified atom stereocenters. The standard InChI is InChI=1S/C9H16N4O3/c1-13-7(10)6(5-11-3-4-16-2)8(14)12-9(13)15/h11H,3-5,10H2,1-2H3,(H,12,14,15). The summed E-state index contributed by atoms with van der Waals surface area (Å²) in [5.41, 5.74) is 5.07. The summed E-state index contributed by atoms with van der Waals surface area (Å²) in [6.45, 7) is 1.46. The second-order valence-electron chi connectivity index (χ2n) is 3.35. The summed E-state index contributed by atoms with van der Waals surface area (Å²) in [4.78, 5) is 24.8. The molecule has 0 bridgehead atoms. The van der Waals surface area contributed by atoms with Crippen LogP contribution in [0.15, 0.2) is 9.59 Å². The number of H-pyrrole nitrogens is 1. The van der Waals surface area contributed by atoms with Gasteiger partial charge in [-0.05, 0) is 0 Å². The number of anilines is 1. The third-order valence-electron chi connectivity index (χ3n) is 2.25. The van der Waals surface area contributed by atoms with Gasteiger partial charge in [-0.3, -0.25) is 14.3 Å². The maximum atomic E-state index is 11.5. The average molecular weight is 228 g/mol. The van der Waals surface area contributed by atoms with Crippen molar-refractivity contribution in [3.8, 4) is 0 Å². The van der Waals surface area contributed by atoms with Crippen LogP contribution in [0.25, 0.3) is 0 Å². The highest BCUT2D eigenvalue weighted by atomic mass is 16.5. The molecule has 0 saturated heterocycles. The first-order valence-electron chi connectivity index (χ1n) is 4.85. The predicted molar refractivity (Wildman–Crippen MR) is 60.3 cm³/mol. The van der Waals surface area contributed by atoms with E-state index in [9.17, 15) is 9.59 Å². The minimum absolute atomic E-state index is 0.179. The SMILES string of the molecule is COCCNCc1c(N)n(C)c(=O)[nH]c1=O. The van der Waals surface area contributed by atoms with Crippen LogP contribution in [0.5, 0.6) is 0 Å². The first-order chi connectivity index (χ1) is 7.57. The third kappa shape index (κ3) is 2.71. The van der Waals surface area contributed by atoms with Crippen molar-refractivity contribution in [2.45, 2.75) is 6.54 Å². The number of rotatable bonds is 5. The maximum Gasteiger partial charge on any atom is 0.329 e. The van der Waals surface area contributed by atoms with Gasteiger partial charge in [0, 0.05) is 27.2 Å². The fourth-order valence-electron chi connectivity index (χ4n) is 1.24. The van der Waals surface area contributed by atoms with Crippen LogP contribution in [-0.4, -0.2) is 29.8 Å². The lowest BCUT2D eigenvalue weighted by Crippen LogP contribution is -2.35. The van der Waals surface area contributed by atoms with Crippen molar-refractivity contribution < 1.29 is 4.74 Å². The second kappa shape index (κ2) is 5.47. The van der Waals surface area contributed by atoms with Crippen molar-refractivity contribution in [1.82, 2.24) is 14.9 Å². The molecule has 0 aliphatic rings. The number of nitrogens with zero attached hydrogens (tertiary/aromatic N) is 1. The zero-order chi connectivity index (χ0) is 12.1. The zero-order valence-electron chi connectivity index (χ0n) is 9.37. The smallest absolute Gasteiger partial charge is 0.329 e. The van der Waals surface area contributed by atoms with Crippen LogP contribution >= 0.6 is 0 Å². The Hall–Kier alpha value is -1.60. The molecule has 0 saturated carbocycles. The van der Waals surface area contributed by atoms with Gasteiger partial charge >= 0.3 is 5.69 Å². The molecule has 0 fully saturated rings. The monoisotopic (exact) mass is 228 g/mol. The molecule has 1 aromatic heterocycles. The fourth-order valence-corrected chi connectivity index (χ4v) is 1.24. The third-order valence-corrected chi connectivity index (χ3v) is 2.25. The molecule has 4 N–H and O–H groups in total. The molecule has 0 aliphatic carbocycles. The summed E-state index contributed by atoms with van der Waals surface area (Å²) in [5, 5.41) is 2.99. The Morgan fingerprint density at radius 1 is 1.50 bits per heavy atom. The van der Waals surface area contributed by atoms with Gasteiger partial charge in [-0.25, -0.2) is 4.79 Å². The first kappa shape index (κ1) is 12.5. The summed E-state index contributed by atoms with van der Waals surface area (Å²) < 4.78 is 6.05. The summed E-state index contributed by atoms with van der Waals surface area (Å²) in [6, 6.07) is 0. The van der Waals surface area contributed by atoms with E-state index < -0.39 is 11.2 Å². The lowest BCUT2D eigenvalue weighted by atomic mass is 10.3. The van der Waals surface area contributed by atoms with E-state index in [-0.39, 0.29) is 5.82 Å². The van der Waals surface area contributed by atoms with E-state index >= 15 is 0 Å². The van der Waals surface area contributed by atoms with Crippen molar-refractivity contribution in [3.05, 3.63) is 26.4 Å². The van der Waals surface area contributed by atoms with Gasteiger partial charge in [-0.2, -0.15) is 0 Å².